The lowest BCUT2D eigenvalue weighted by molar-refractivity contribution is -0.130. The summed E-state index contributed by atoms with van der Waals surface area (Å²) in [6.07, 6.45) is 5.03. The monoisotopic (exact) mass is 212 g/mol. The summed E-state index contributed by atoms with van der Waals surface area (Å²) in [4.78, 5) is 11.9. The number of hydrogen-bond acceptors (Lipinski definition) is 2. The molecule has 1 amide bonds. The highest BCUT2D eigenvalue weighted by atomic mass is 16.2. The molecule has 15 heavy (non-hydrogen) atoms. The van der Waals surface area contributed by atoms with Crippen molar-refractivity contribution in [3.05, 3.63) is 0 Å². The molecular formula is C12H24N2O. The van der Waals surface area contributed by atoms with Gasteiger partial charge >= 0.3 is 0 Å². The number of rotatable bonds is 3. The van der Waals surface area contributed by atoms with Gasteiger partial charge in [0.05, 0.1) is 0 Å². The number of nitrogens with two attached hydrogens (primary N) is 1. The average molecular weight is 212 g/mol. The lowest BCUT2D eigenvalue weighted by atomic mass is 9.87. The number of hydrogen-bond donors (Lipinski definition) is 2. The van der Waals surface area contributed by atoms with E-state index in [2.05, 4.69) is 12.2 Å². The highest BCUT2D eigenvalue weighted by Gasteiger charge is 2.28. The maximum Gasteiger partial charge on any atom is 0.225 e. The van der Waals surface area contributed by atoms with E-state index in [4.69, 9.17) is 5.73 Å². The molecule has 1 aliphatic rings. The minimum absolute atomic E-state index is 0.186. The van der Waals surface area contributed by atoms with Crippen LogP contribution in [0.4, 0.5) is 0 Å². The van der Waals surface area contributed by atoms with Gasteiger partial charge in [-0.1, -0.05) is 20.8 Å². The van der Waals surface area contributed by atoms with Gasteiger partial charge in [-0.25, -0.2) is 0 Å². The molecule has 1 rings (SSSR count). The topological polar surface area (TPSA) is 55.1 Å². The molecule has 3 heteroatoms. The molecule has 0 heterocycles. The van der Waals surface area contributed by atoms with E-state index in [0.29, 0.717) is 12.1 Å². The Balaban J connectivity index is 2.39. The fourth-order valence-electron chi connectivity index (χ4n) is 1.80. The second kappa shape index (κ2) is 4.97. The zero-order valence-corrected chi connectivity index (χ0v) is 10.2. The molecule has 0 aromatic carbocycles. The summed E-state index contributed by atoms with van der Waals surface area (Å²) in [6, 6.07) is 0.695. The second-order valence-electron chi connectivity index (χ2n) is 5.32. The minimum atomic E-state index is -0.237. The minimum Gasteiger partial charge on any atom is -0.353 e. The van der Waals surface area contributed by atoms with E-state index in [0.717, 1.165) is 32.1 Å². The summed E-state index contributed by atoms with van der Waals surface area (Å²) in [5.41, 5.74) is 5.59. The Morgan fingerprint density at radius 1 is 1.33 bits per heavy atom. The molecule has 88 valence electrons. The van der Waals surface area contributed by atoms with E-state index in [9.17, 15) is 4.79 Å². The van der Waals surface area contributed by atoms with Gasteiger partial charge in [-0.2, -0.15) is 0 Å². The van der Waals surface area contributed by atoms with Gasteiger partial charge in [0.15, 0.2) is 0 Å². The molecule has 3 nitrogen and oxygen atoms in total. The fourth-order valence-corrected chi connectivity index (χ4v) is 1.80. The highest BCUT2D eigenvalue weighted by Crippen LogP contribution is 2.22. The smallest absolute Gasteiger partial charge is 0.225 e. The van der Waals surface area contributed by atoms with Gasteiger partial charge in [-0.3, -0.25) is 4.79 Å². The summed E-state index contributed by atoms with van der Waals surface area (Å²) >= 11 is 0. The molecular weight excluding hydrogens is 188 g/mol. The molecule has 0 saturated heterocycles. The third kappa shape index (κ3) is 3.49. The Morgan fingerprint density at radius 3 is 2.33 bits per heavy atom. The van der Waals surface area contributed by atoms with Gasteiger partial charge in [-0.05, 0) is 32.1 Å². The number of nitrogens with one attached hydrogen (secondary N) is 1. The van der Waals surface area contributed by atoms with Crippen molar-refractivity contribution < 1.29 is 4.79 Å². The fraction of sp³-hybridized carbons (Fsp3) is 0.917. The highest BCUT2D eigenvalue weighted by molar-refractivity contribution is 5.81. The van der Waals surface area contributed by atoms with Crippen molar-refractivity contribution >= 4 is 5.91 Å². The molecule has 0 radical (unpaired) electrons. The maximum absolute atomic E-state index is 11.9. The Kier molecular flexibility index (Phi) is 4.14. The summed E-state index contributed by atoms with van der Waals surface area (Å²) in [5, 5.41) is 3.14. The third-order valence-electron chi connectivity index (χ3n) is 3.61. The van der Waals surface area contributed by atoms with Crippen LogP contribution >= 0.6 is 0 Å². The predicted octanol–water partition coefficient (Wildman–Crippen LogP) is 1.81. The van der Waals surface area contributed by atoms with Crippen molar-refractivity contribution in [1.29, 1.82) is 0 Å². The van der Waals surface area contributed by atoms with Gasteiger partial charge in [0, 0.05) is 17.5 Å². The average Bonchev–Trinajstić information content (AvgIpc) is 2.21. The van der Waals surface area contributed by atoms with Crippen molar-refractivity contribution in [3.63, 3.8) is 0 Å². The van der Waals surface area contributed by atoms with Gasteiger partial charge in [0.2, 0.25) is 5.91 Å². The Hall–Kier alpha value is -0.570. The van der Waals surface area contributed by atoms with Crippen molar-refractivity contribution in [1.82, 2.24) is 5.32 Å². The number of amides is 1. The van der Waals surface area contributed by atoms with Crippen LogP contribution in [0.1, 0.15) is 52.9 Å². The van der Waals surface area contributed by atoms with Crippen LogP contribution < -0.4 is 11.1 Å². The Bertz CT molecular complexity index is 218. The van der Waals surface area contributed by atoms with Crippen LogP contribution in [0.3, 0.4) is 0 Å². The largest absolute Gasteiger partial charge is 0.353 e. The van der Waals surface area contributed by atoms with E-state index in [1.165, 1.54) is 0 Å². The van der Waals surface area contributed by atoms with Crippen molar-refractivity contribution in [2.75, 3.05) is 0 Å². The van der Waals surface area contributed by atoms with Crippen LogP contribution in [-0.4, -0.2) is 18.0 Å². The molecule has 0 aromatic rings. The van der Waals surface area contributed by atoms with Gasteiger partial charge in [-0.15, -0.1) is 0 Å². The Morgan fingerprint density at radius 2 is 1.87 bits per heavy atom. The number of carbonyl (C=O) groups excluding carboxylic acids is 1. The summed E-state index contributed by atoms with van der Waals surface area (Å²) < 4.78 is 0. The normalized spacial score (nSPS) is 27.5. The predicted molar refractivity (Wildman–Crippen MR) is 62.4 cm³/mol. The van der Waals surface area contributed by atoms with E-state index in [-0.39, 0.29) is 11.3 Å². The van der Waals surface area contributed by atoms with Crippen LogP contribution in [0.5, 0.6) is 0 Å². The van der Waals surface area contributed by atoms with Crippen LogP contribution in [0.25, 0.3) is 0 Å². The first kappa shape index (κ1) is 12.5. The summed E-state index contributed by atoms with van der Waals surface area (Å²) in [6.45, 7) is 6.05. The molecule has 0 spiro atoms. The molecule has 1 saturated carbocycles. The lowest BCUT2D eigenvalue weighted by Gasteiger charge is -2.30. The summed E-state index contributed by atoms with van der Waals surface area (Å²) in [5.74, 6) is 0.186. The number of carbonyl (C=O) groups is 1. The van der Waals surface area contributed by atoms with Gasteiger partial charge in [0.1, 0.15) is 0 Å². The van der Waals surface area contributed by atoms with E-state index >= 15 is 0 Å². The molecule has 3 N–H and O–H groups in total. The second-order valence-corrected chi connectivity index (χ2v) is 5.32. The van der Waals surface area contributed by atoms with E-state index in [1.807, 2.05) is 13.8 Å². The first-order valence-corrected chi connectivity index (χ1v) is 6.02. The van der Waals surface area contributed by atoms with E-state index in [1.54, 1.807) is 0 Å². The molecule has 0 atom stereocenters. The molecule has 0 unspecified atom stereocenters. The third-order valence-corrected chi connectivity index (χ3v) is 3.61. The quantitative estimate of drug-likeness (QED) is 0.749. The molecule has 0 aromatic heterocycles. The van der Waals surface area contributed by atoms with Gasteiger partial charge in [0.25, 0.3) is 0 Å². The first-order valence-electron chi connectivity index (χ1n) is 6.02. The SMILES string of the molecule is CCC(C)(C)C(=O)NC1CCC(N)CC1. The molecule has 0 bridgehead atoms. The zero-order chi connectivity index (χ0) is 11.5. The van der Waals surface area contributed by atoms with Gasteiger partial charge < -0.3 is 11.1 Å². The lowest BCUT2D eigenvalue weighted by Crippen LogP contribution is -2.45. The van der Waals surface area contributed by atoms with Crippen LogP contribution in [0.15, 0.2) is 0 Å². The molecule has 0 aliphatic heterocycles. The standard InChI is InChI=1S/C12H24N2O/c1-4-12(2,3)11(15)14-10-7-5-9(13)6-8-10/h9-10H,4-8,13H2,1-3H3,(H,14,15). The van der Waals surface area contributed by atoms with Crippen molar-refractivity contribution in [3.8, 4) is 0 Å². The van der Waals surface area contributed by atoms with Crippen molar-refractivity contribution in [2.45, 2.75) is 65.0 Å². The molecule has 1 aliphatic carbocycles. The zero-order valence-electron chi connectivity index (χ0n) is 10.2. The van der Waals surface area contributed by atoms with Crippen LogP contribution in [-0.2, 0) is 4.79 Å². The Labute approximate surface area is 92.8 Å². The first-order chi connectivity index (χ1) is 6.95. The maximum atomic E-state index is 11.9. The van der Waals surface area contributed by atoms with Crippen LogP contribution in [0, 0.1) is 5.41 Å². The summed E-state index contributed by atoms with van der Waals surface area (Å²) in [7, 11) is 0. The van der Waals surface area contributed by atoms with Crippen molar-refractivity contribution in [2.24, 2.45) is 11.1 Å². The molecule has 1 fully saturated rings. The van der Waals surface area contributed by atoms with E-state index < -0.39 is 0 Å². The van der Waals surface area contributed by atoms with Crippen LogP contribution in [0.2, 0.25) is 0 Å².